The Labute approximate surface area is 171 Å². The average Bonchev–Trinajstić information content (AvgIpc) is 2.77. The lowest BCUT2D eigenvalue weighted by molar-refractivity contribution is -0.131. The number of pyridine rings is 1. The van der Waals surface area contributed by atoms with Gasteiger partial charge in [0.25, 0.3) is 0 Å². The molecule has 2 aromatic carbocycles. The summed E-state index contributed by atoms with van der Waals surface area (Å²) in [5, 5.41) is 0. The zero-order valence-electron chi connectivity index (χ0n) is 16.7. The monoisotopic (exact) mass is 392 g/mol. The van der Waals surface area contributed by atoms with Crippen LogP contribution in [0.4, 0.5) is 4.39 Å². The van der Waals surface area contributed by atoms with Crippen LogP contribution in [-0.2, 0) is 17.6 Å². The van der Waals surface area contributed by atoms with E-state index in [9.17, 15) is 9.18 Å². The van der Waals surface area contributed by atoms with E-state index in [0.717, 1.165) is 28.9 Å². The Bertz CT molecular complexity index is 912. The van der Waals surface area contributed by atoms with Gasteiger partial charge in [-0.05, 0) is 59.9 Å². The molecule has 0 saturated heterocycles. The number of amides is 1. The van der Waals surface area contributed by atoms with Crippen molar-refractivity contribution in [1.82, 2.24) is 9.88 Å². The third-order valence-electron chi connectivity index (χ3n) is 5.00. The van der Waals surface area contributed by atoms with Gasteiger partial charge in [0.2, 0.25) is 5.91 Å². The summed E-state index contributed by atoms with van der Waals surface area (Å²) >= 11 is 0. The van der Waals surface area contributed by atoms with Crippen LogP contribution in [0.25, 0.3) is 0 Å². The number of aromatic nitrogens is 1. The summed E-state index contributed by atoms with van der Waals surface area (Å²) < 4.78 is 18.6. The standard InChI is InChI=1S/C24H25FN2O2/c1-27(15-13-18-5-11-22(29-2)12-6-18)24(28)23(16-19-4-3-14-26-17-19)20-7-9-21(25)10-8-20/h3-12,14,17,23H,13,15-16H2,1-2H3. The minimum atomic E-state index is -0.388. The van der Waals surface area contributed by atoms with Gasteiger partial charge in [-0.3, -0.25) is 9.78 Å². The zero-order chi connectivity index (χ0) is 20.6. The molecule has 0 aliphatic carbocycles. The molecule has 150 valence electrons. The Morgan fingerprint density at radius 3 is 2.41 bits per heavy atom. The highest BCUT2D eigenvalue weighted by molar-refractivity contribution is 5.84. The molecule has 0 bridgehead atoms. The normalized spacial score (nSPS) is 11.7. The Morgan fingerprint density at radius 1 is 1.07 bits per heavy atom. The molecule has 0 aliphatic heterocycles. The third kappa shape index (κ3) is 5.64. The van der Waals surface area contributed by atoms with E-state index in [-0.39, 0.29) is 17.6 Å². The highest BCUT2D eigenvalue weighted by Crippen LogP contribution is 2.24. The number of carbonyl (C=O) groups is 1. The fraction of sp³-hybridized carbons (Fsp3) is 0.250. The Morgan fingerprint density at radius 2 is 1.79 bits per heavy atom. The van der Waals surface area contributed by atoms with Crippen LogP contribution in [0, 0.1) is 5.82 Å². The minimum Gasteiger partial charge on any atom is -0.497 e. The topological polar surface area (TPSA) is 42.4 Å². The van der Waals surface area contributed by atoms with Crippen LogP contribution in [0.15, 0.2) is 73.1 Å². The molecule has 0 spiro atoms. The first-order chi connectivity index (χ1) is 14.1. The van der Waals surface area contributed by atoms with Crippen molar-refractivity contribution in [1.29, 1.82) is 0 Å². The molecule has 0 N–H and O–H groups in total. The van der Waals surface area contributed by atoms with Gasteiger partial charge >= 0.3 is 0 Å². The molecule has 1 amide bonds. The molecule has 3 rings (SSSR count). The average molecular weight is 392 g/mol. The lowest BCUT2D eigenvalue weighted by Gasteiger charge is -2.24. The molecule has 3 aromatic rings. The van der Waals surface area contributed by atoms with Crippen LogP contribution in [0.3, 0.4) is 0 Å². The van der Waals surface area contributed by atoms with Gasteiger partial charge in [-0.25, -0.2) is 4.39 Å². The van der Waals surface area contributed by atoms with E-state index in [2.05, 4.69) is 4.98 Å². The number of nitrogens with zero attached hydrogens (tertiary/aromatic N) is 2. The van der Waals surface area contributed by atoms with Gasteiger partial charge in [0.05, 0.1) is 13.0 Å². The minimum absolute atomic E-state index is 0.00831. The first-order valence-corrected chi connectivity index (χ1v) is 9.59. The van der Waals surface area contributed by atoms with Crippen LogP contribution in [0.2, 0.25) is 0 Å². The molecular weight excluding hydrogens is 367 g/mol. The van der Waals surface area contributed by atoms with Crippen molar-refractivity contribution >= 4 is 5.91 Å². The molecule has 29 heavy (non-hydrogen) atoms. The van der Waals surface area contributed by atoms with Crippen molar-refractivity contribution in [2.75, 3.05) is 20.7 Å². The molecule has 0 aliphatic rings. The third-order valence-corrected chi connectivity index (χ3v) is 5.00. The zero-order valence-corrected chi connectivity index (χ0v) is 16.7. The predicted molar refractivity (Wildman–Crippen MR) is 111 cm³/mol. The number of carbonyl (C=O) groups excluding carboxylic acids is 1. The summed E-state index contributed by atoms with van der Waals surface area (Å²) in [6.07, 6.45) is 4.74. The van der Waals surface area contributed by atoms with Crippen LogP contribution < -0.4 is 4.74 Å². The van der Waals surface area contributed by atoms with Crippen molar-refractivity contribution in [3.8, 4) is 5.75 Å². The van der Waals surface area contributed by atoms with Gasteiger partial charge < -0.3 is 9.64 Å². The summed E-state index contributed by atoms with van der Waals surface area (Å²) in [6, 6.07) is 17.8. The van der Waals surface area contributed by atoms with Crippen molar-refractivity contribution in [2.45, 2.75) is 18.8 Å². The van der Waals surface area contributed by atoms with E-state index in [4.69, 9.17) is 4.74 Å². The van der Waals surface area contributed by atoms with E-state index >= 15 is 0 Å². The van der Waals surface area contributed by atoms with E-state index in [1.54, 1.807) is 36.5 Å². The van der Waals surface area contributed by atoms with Crippen molar-refractivity contribution < 1.29 is 13.9 Å². The largest absolute Gasteiger partial charge is 0.497 e. The SMILES string of the molecule is COc1ccc(CCN(C)C(=O)C(Cc2cccnc2)c2ccc(F)cc2)cc1. The van der Waals surface area contributed by atoms with E-state index in [1.807, 2.05) is 43.4 Å². The lowest BCUT2D eigenvalue weighted by Crippen LogP contribution is -2.34. The number of likely N-dealkylation sites (N-methyl/N-ethyl adjacent to an activating group) is 1. The maximum atomic E-state index is 13.4. The van der Waals surface area contributed by atoms with Gasteiger partial charge in [0.15, 0.2) is 0 Å². The van der Waals surface area contributed by atoms with Crippen LogP contribution in [0.5, 0.6) is 5.75 Å². The quantitative estimate of drug-likeness (QED) is 0.575. The van der Waals surface area contributed by atoms with Crippen molar-refractivity contribution in [3.05, 3.63) is 95.6 Å². The smallest absolute Gasteiger partial charge is 0.230 e. The van der Waals surface area contributed by atoms with Crippen molar-refractivity contribution in [2.24, 2.45) is 0 Å². The van der Waals surface area contributed by atoms with Gasteiger partial charge in [0.1, 0.15) is 11.6 Å². The number of halogens is 1. The molecule has 1 unspecified atom stereocenters. The Balaban J connectivity index is 1.72. The number of hydrogen-bond donors (Lipinski definition) is 0. The number of benzene rings is 2. The van der Waals surface area contributed by atoms with Crippen LogP contribution in [0.1, 0.15) is 22.6 Å². The lowest BCUT2D eigenvalue weighted by atomic mass is 9.91. The van der Waals surface area contributed by atoms with E-state index in [0.29, 0.717) is 13.0 Å². The fourth-order valence-electron chi connectivity index (χ4n) is 3.26. The van der Waals surface area contributed by atoms with Gasteiger partial charge in [-0.2, -0.15) is 0 Å². The van der Waals surface area contributed by atoms with Gasteiger partial charge in [0, 0.05) is 26.0 Å². The van der Waals surface area contributed by atoms with Crippen molar-refractivity contribution in [3.63, 3.8) is 0 Å². The molecule has 0 saturated carbocycles. The molecule has 1 aromatic heterocycles. The molecule has 0 radical (unpaired) electrons. The molecule has 5 heteroatoms. The maximum Gasteiger partial charge on any atom is 0.230 e. The number of methoxy groups -OCH3 is 1. The summed E-state index contributed by atoms with van der Waals surface area (Å²) in [5.41, 5.74) is 2.91. The summed E-state index contributed by atoms with van der Waals surface area (Å²) in [6.45, 7) is 0.593. The second-order valence-electron chi connectivity index (χ2n) is 7.03. The molecule has 4 nitrogen and oxygen atoms in total. The van der Waals surface area contributed by atoms with Gasteiger partial charge in [-0.15, -0.1) is 0 Å². The maximum absolute atomic E-state index is 13.4. The van der Waals surface area contributed by atoms with Crippen LogP contribution >= 0.6 is 0 Å². The predicted octanol–water partition coefficient (Wildman–Crippen LogP) is 4.26. The summed E-state index contributed by atoms with van der Waals surface area (Å²) in [7, 11) is 3.45. The fourth-order valence-corrected chi connectivity index (χ4v) is 3.26. The Hall–Kier alpha value is -3.21. The first-order valence-electron chi connectivity index (χ1n) is 9.59. The van der Waals surface area contributed by atoms with Gasteiger partial charge in [-0.1, -0.05) is 30.3 Å². The molecule has 0 fully saturated rings. The molecular formula is C24H25FN2O2. The van der Waals surface area contributed by atoms with E-state index in [1.165, 1.54) is 12.1 Å². The van der Waals surface area contributed by atoms with E-state index < -0.39 is 0 Å². The number of rotatable bonds is 8. The molecule has 1 heterocycles. The Kier molecular flexibility index (Phi) is 6.95. The second-order valence-corrected chi connectivity index (χ2v) is 7.03. The summed E-state index contributed by atoms with van der Waals surface area (Å²) in [4.78, 5) is 19.1. The first kappa shape index (κ1) is 20.5. The number of ether oxygens (including phenoxy) is 1. The highest BCUT2D eigenvalue weighted by Gasteiger charge is 2.24. The van der Waals surface area contributed by atoms with Crippen LogP contribution in [-0.4, -0.2) is 36.5 Å². The highest BCUT2D eigenvalue weighted by atomic mass is 19.1. The summed E-state index contributed by atoms with van der Waals surface area (Å²) in [5.74, 6) is 0.120. The molecule has 1 atom stereocenters. The second kappa shape index (κ2) is 9.82. The number of hydrogen-bond acceptors (Lipinski definition) is 3.